The number of hydrogen-bond donors (Lipinski definition) is 2. The summed E-state index contributed by atoms with van der Waals surface area (Å²) in [6.45, 7) is 11.4. The van der Waals surface area contributed by atoms with E-state index in [1.54, 1.807) is 18.2 Å². The number of hydrogen-bond acceptors (Lipinski definition) is 9. The van der Waals surface area contributed by atoms with Crippen molar-refractivity contribution in [3.63, 3.8) is 0 Å². The Morgan fingerprint density at radius 3 is 2.07 bits per heavy atom. The van der Waals surface area contributed by atoms with Gasteiger partial charge in [-0.05, 0) is 78.9 Å². The Bertz CT molecular complexity index is 2130. The van der Waals surface area contributed by atoms with E-state index in [9.17, 15) is 29.2 Å². The van der Waals surface area contributed by atoms with Gasteiger partial charge in [0.15, 0.2) is 0 Å². The fourth-order valence-electron chi connectivity index (χ4n) is 9.78. The molecule has 3 aromatic carbocycles. The van der Waals surface area contributed by atoms with Crippen molar-refractivity contribution in [2.45, 2.75) is 90.7 Å². The molecule has 12 nitrogen and oxygen atoms in total. The zero-order valence-corrected chi connectivity index (χ0v) is 32.0. The van der Waals surface area contributed by atoms with E-state index in [0.29, 0.717) is 52.2 Å². The van der Waals surface area contributed by atoms with Gasteiger partial charge in [0.05, 0.1) is 21.7 Å². The number of benzene rings is 3. The zero-order valence-electron chi connectivity index (χ0n) is 31.3. The van der Waals surface area contributed by atoms with Crippen molar-refractivity contribution in [1.29, 1.82) is 5.26 Å². The maximum Gasteiger partial charge on any atom is 0.262 e. The van der Waals surface area contributed by atoms with Crippen LogP contribution in [0.15, 0.2) is 54.6 Å². The molecule has 284 valence electrons. The van der Waals surface area contributed by atoms with Gasteiger partial charge in [-0.2, -0.15) is 5.26 Å². The van der Waals surface area contributed by atoms with Crippen molar-refractivity contribution >= 4 is 46.8 Å². The summed E-state index contributed by atoms with van der Waals surface area (Å²) >= 11 is 6.24. The molecule has 5 aliphatic rings. The lowest BCUT2D eigenvalue weighted by Gasteiger charge is -2.63. The molecule has 0 aromatic heterocycles. The number of anilines is 1. The summed E-state index contributed by atoms with van der Waals surface area (Å²) in [6, 6.07) is 17.7. The number of halogens is 1. The second-order valence-corrected chi connectivity index (χ2v) is 17.0. The molecule has 3 fully saturated rings. The molecule has 5 amide bonds. The number of nitrogens with zero attached hydrogens (tertiary/aromatic N) is 4. The first-order chi connectivity index (χ1) is 26.2. The van der Waals surface area contributed by atoms with Crippen molar-refractivity contribution in [3.05, 3.63) is 93.0 Å². The lowest BCUT2D eigenvalue weighted by Crippen LogP contribution is -2.74. The third kappa shape index (κ3) is 6.23. The molecular formula is C42H43ClN6O6. The average molecular weight is 763 g/mol. The molecule has 13 heteroatoms. The van der Waals surface area contributed by atoms with Crippen LogP contribution in [-0.4, -0.2) is 76.7 Å². The first kappa shape index (κ1) is 36.7. The number of imide groups is 2. The first-order valence-corrected chi connectivity index (χ1v) is 19.2. The van der Waals surface area contributed by atoms with Crippen LogP contribution in [0.25, 0.3) is 0 Å². The quantitative estimate of drug-likeness (QED) is 0.309. The van der Waals surface area contributed by atoms with Gasteiger partial charge in [0.25, 0.3) is 17.7 Å². The highest BCUT2D eigenvalue weighted by atomic mass is 35.5. The minimum Gasteiger partial charge on any atom is -0.489 e. The average Bonchev–Trinajstić information content (AvgIpc) is 3.69. The Kier molecular flexibility index (Phi) is 9.01. The summed E-state index contributed by atoms with van der Waals surface area (Å²) in [6.07, 6.45) is 1.92. The highest BCUT2D eigenvalue weighted by molar-refractivity contribution is 6.31. The van der Waals surface area contributed by atoms with E-state index in [1.165, 1.54) is 0 Å². The summed E-state index contributed by atoms with van der Waals surface area (Å²) < 4.78 is 6.37. The van der Waals surface area contributed by atoms with E-state index >= 15 is 0 Å². The predicted molar refractivity (Wildman–Crippen MR) is 203 cm³/mol. The molecule has 2 saturated heterocycles. The predicted octanol–water partition coefficient (Wildman–Crippen LogP) is 5.21. The second-order valence-electron chi connectivity index (χ2n) is 16.6. The van der Waals surface area contributed by atoms with Crippen LogP contribution in [0.1, 0.15) is 101 Å². The normalized spacial score (nSPS) is 24.5. The summed E-state index contributed by atoms with van der Waals surface area (Å²) in [7, 11) is 0. The number of nitrogens with one attached hydrogen (secondary N) is 2. The van der Waals surface area contributed by atoms with Gasteiger partial charge in [-0.15, -0.1) is 0 Å². The van der Waals surface area contributed by atoms with E-state index in [-0.39, 0.29) is 41.7 Å². The molecular weight excluding hydrogens is 720 g/mol. The van der Waals surface area contributed by atoms with Crippen molar-refractivity contribution < 1.29 is 28.7 Å². The standard InChI is InChI=1S/C42H43ClN6O6/c1-41(2)39(42(3,4)40(41)55-29-10-7-24(20-44)32(43)19-29)46-35(51)23-5-8-27(9-6-23)47-15-13-28(14-16-47)48-21-25-17-30-31(18-26(25)22-48)38(54)49(37(30)53)33-11-12-34(50)45-36(33)52/h5-10,17-19,28,33,39-40H,11-16,21-22H2,1-4H3,(H,46,51)(H,45,50,52)/t33?,39-,40-. The molecule has 0 spiro atoms. The lowest BCUT2D eigenvalue weighted by atomic mass is 9.49. The van der Waals surface area contributed by atoms with Crippen LogP contribution in [-0.2, 0) is 22.7 Å². The van der Waals surface area contributed by atoms with Crippen LogP contribution < -0.4 is 20.3 Å². The van der Waals surface area contributed by atoms with Crippen LogP contribution in [0.4, 0.5) is 5.69 Å². The topological polar surface area (TPSA) is 152 Å². The van der Waals surface area contributed by atoms with E-state index < -0.39 is 29.7 Å². The van der Waals surface area contributed by atoms with Gasteiger partial charge in [-0.1, -0.05) is 39.3 Å². The zero-order chi connectivity index (χ0) is 39.0. The molecule has 1 aliphatic carbocycles. The van der Waals surface area contributed by atoms with Gasteiger partial charge in [-0.25, -0.2) is 0 Å². The van der Waals surface area contributed by atoms with Crippen molar-refractivity contribution in [2.24, 2.45) is 10.8 Å². The molecule has 2 N–H and O–H groups in total. The van der Waals surface area contributed by atoms with Crippen LogP contribution in [0, 0.1) is 22.2 Å². The Morgan fingerprint density at radius 2 is 1.51 bits per heavy atom. The van der Waals surface area contributed by atoms with Crippen molar-refractivity contribution in [3.8, 4) is 11.8 Å². The number of carbonyl (C=O) groups is 5. The van der Waals surface area contributed by atoms with Gasteiger partial charge < -0.3 is 15.0 Å². The molecule has 4 aliphatic heterocycles. The number of carbonyl (C=O) groups excluding carboxylic acids is 5. The van der Waals surface area contributed by atoms with E-state index in [1.807, 2.05) is 36.4 Å². The van der Waals surface area contributed by atoms with E-state index in [2.05, 4.69) is 54.2 Å². The second kappa shape index (κ2) is 13.5. The molecule has 1 atom stereocenters. The Hall–Kier alpha value is -5.25. The van der Waals surface area contributed by atoms with Gasteiger partial charge in [0.2, 0.25) is 11.8 Å². The summed E-state index contributed by atoms with van der Waals surface area (Å²) in [5.74, 6) is -1.51. The van der Waals surface area contributed by atoms with Gasteiger partial charge >= 0.3 is 0 Å². The summed E-state index contributed by atoms with van der Waals surface area (Å²) in [5, 5.41) is 15.1. The fraction of sp³-hybridized carbons (Fsp3) is 0.429. The third-order valence-electron chi connectivity index (χ3n) is 12.4. The van der Waals surface area contributed by atoms with Crippen LogP contribution in [0.3, 0.4) is 0 Å². The van der Waals surface area contributed by atoms with Gasteiger partial charge in [0, 0.05) is 72.8 Å². The molecule has 0 bridgehead atoms. The molecule has 0 radical (unpaired) electrons. The molecule has 8 rings (SSSR count). The monoisotopic (exact) mass is 762 g/mol. The number of ether oxygens (including phenoxy) is 1. The molecule has 3 aromatic rings. The van der Waals surface area contributed by atoms with Crippen LogP contribution in [0.5, 0.6) is 5.75 Å². The highest BCUT2D eigenvalue weighted by Crippen LogP contribution is 2.55. The minimum absolute atomic E-state index is 0.0898. The van der Waals surface area contributed by atoms with Crippen LogP contribution in [0.2, 0.25) is 5.02 Å². The lowest BCUT2D eigenvalue weighted by molar-refractivity contribution is -0.164. The maximum atomic E-state index is 13.5. The minimum atomic E-state index is -0.973. The Labute approximate surface area is 324 Å². The molecule has 4 heterocycles. The van der Waals surface area contributed by atoms with Crippen molar-refractivity contribution in [1.82, 2.24) is 20.4 Å². The van der Waals surface area contributed by atoms with E-state index in [0.717, 1.165) is 47.6 Å². The largest absolute Gasteiger partial charge is 0.489 e. The molecule has 1 unspecified atom stereocenters. The number of amides is 5. The summed E-state index contributed by atoms with van der Waals surface area (Å²) in [5.41, 5.74) is 4.01. The number of rotatable bonds is 7. The Balaban J connectivity index is 0.846. The summed E-state index contributed by atoms with van der Waals surface area (Å²) in [4.78, 5) is 70.0. The molecule has 55 heavy (non-hydrogen) atoms. The molecule has 1 saturated carbocycles. The van der Waals surface area contributed by atoms with Crippen molar-refractivity contribution in [2.75, 3.05) is 18.0 Å². The van der Waals surface area contributed by atoms with Gasteiger partial charge in [0.1, 0.15) is 24.0 Å². The first-order valence-electron chi connectivity index (χ1n) is 18.8. The number of nitriles is 1. The van der Waals surface area contributed by atoms with Gasteiger partial charge in [-0.3, -0.25) is 39.1 Å². The van der Waals surface area contributed by atoms with E-state index in [4.69, 9.17) is 16.3 Å². The number of fused-ring (bicyclic) bond motifs is 2. The number of piperidine rings is 2. The highest BCUT2D eigenvalue weighted by Gasteiger charge is 2.64. The fourth-order valence-corrected chi connectivity index (χ4v) is 9.99. The van der Waals surface area contributed by atoms with Crippen LogP contribution >= 0.6 is 11.6 Å². The smallest absolute Gasteiger partial charge is 0.262 e. The Morgan fingerprint density at radius 1 is 0.891 bits per heavy atom. The maximum absolute atomic E-state index is 13.5. The SMILES string of the molecule is CC1(C)[C@H](NC(=O)c2ccc(N3CCC(N4Cc5cc6c(cc5C4)C(=O)N(C4CCC(=O)NC4=O)C6=O)CC3)cc2)C(C)(C)[C@H]1Oc1ccc(C#N)c(Cl)c1. The third-order valence-corrected chi connectivity index (χ3v) is 12.7.